The average molecular weight is 327 g/mol. The number of methoxy groups -OCH3 is 2. The van der Waals surface area contributed by atoms with E-state index in [1.54, 1.807) is 16.4 Å². The molecule has 2 fully saturated rings. The molecule has 2 aliphatic heterocycles. The fourth-order valence-electron chi connectivity index (χ4n) is 3.60. The van der Waals surface area contributed by atoms with Gasteiger partial charge in [-0.05, 0) is 37.8 Å². The van der Waals surface area contributed by atoms with Crippen LogP contribution < -0.4 is 9.47 Å². The van der Waals surface area contributed by atoms with Crippen LogP contribution in [0.4, 0.5) is 0 Å². The first-order valence-electron chi connectivity index (χ1n) is 7.41. The van der Waals surface area contributed by atoms with Gasteiger partial charge in [0.1, 0.15) is 16.4 Å². The van der Waals surface area contributed by atoms with Gasteiger partial charge in [0, 0.05) is 18.2 Å². The van der Waals surface area contributed by atoms with E-state index < -0.39 is 16.1 Å². The molecule has 1 N–H and O–H groups in total. The van der Waals surface area contributed by atoms with Crippen molar-refractivity contribution < 1.29 is 23.0 Å². The molecule has 1 aromatic rings. The average Bonchev–Trinajstić information content (AvgIpc) is 2.79. The lowest BCUT2D eigenvalue weighted by molar-refractivity contribution is 0.0768. The summed E-state index contributed by atoms with van der Waals surface area (Å²) >= 11 is 0. The molecule has 2 unspecified atom stereocenters. The standard InChI is InChI=1S/C15H21NO5S/c1-20-13-5-6-14(21-2)15(9-13)22(18,19)16-10-3-4-11(16)8-12(17)7-10/h5-6,9-12,17H,3-4,7-8H2,1-2H3. The lowest BCUT2D eigenvalue weighted by Gasteiger charge is -2.36. The Morgan fingerprint density at radius 1 is 1.14 bits per heavy atom. The van der Waals surface area contributed by atoms with Crippen LogP contribution >= 0.6 is 0 Å². The van der Waals surface area contributed by atoms with Crippen LogP contribution in [0.1, 0.15) is 25.7 Å². The van der Waals surface area contributed by atoms with E-state index in [9.17, 15) is 13.5 Å². The Balaban J connectivity index is 2.04. The number of aliphatic hydroxyl groups excluding tert-OH is 1. The number of rotatable bonds is 4. The second-order valence-corrected chi connectivity index (χ2v) is 7.67. The van der Waals surface area contributed by atoms with E-state index in [0.717, 1.165) is 12.8 Å². The summed E-state index contributed by atoms with van der Waals surface area (Å²) in [4.78, 5) is 0.127. The van der Waals surface area contributed by atoms with Crippen molar-refractivity contribution in [2.75, 3.05) is 14.2 Å². The molecular weight excluding hydrogens is 306 g/mol. The Morgan fingerprint density at radius 3 is 2.32 bits per heavy atom. The van der Waals surface area contributed by atoms with Crippen LogP contribution in [0, 0.1) is 0 Å². The van der Waals surface area contributed by atoms with E-state index in [4.69, 9.17) is 9.47 Å². The summed E-state index contributed by atoms with van der Waals surface area (Å²) in [5.41, 5.74) is 0. The first-order valence-corrected chi connectivity index (χ1v) is 8.85. The maximum Gasteiger partial charge on any atom is 0.247 e. The third-order valence-corrected chi connectivity index (χ3v) is 6.59. The minimum absolute atomic E-state index is 0.127. The largest absolute Gasteiger partial charge is 0.497 e. The molecule has 7 heteroatoms. The second-order valence-electron chi connectivity index (χ2n) is 5.86. The highest BCUT2D eigenvalue weighted by molar-refractivity contribution is 7.89. The highest BCUT2D eigenvalue weighted by atomic mass is 32.2. The number of piperidine rings is 1. The zero-order chi connectivity index (χ0) is 15.9. The number of hydrogen-bond donors (Lipinski definition) is 1. The molecule has 2 heterocycles. The van der Waals surface area contributed by atoms with Crippen molar-refractivity contribution in [3.63, 3.8) is 0 Å². The highest BCUT2D eigenvalue weighted by Gasteiger charge is 2.47. The molecule has 0 aliphatic carbocycles. The maximum absolute atomic E-state index is 13.1. The van der Waals surface area contributed by atoms with E-state index in [0.29, 0.717) is 24.3 Å². The summed E-state index contributed by atoms with van der Waals surface area (Å²) in [5, 5.41) is 9.86. The Bertz CT molecular complexity index is 646. The van der Waals surface area contributed by atoms with Gasteiger partial charge in [-0.1, -0.05) is 0 Å². The summed E-state index contributed by atoms with van der Waals surface area (Å²) in [7, 11) is -0.727. The van der Waals surface area contributed by atoms with Crippen LogP contribution in [0.2, 0.25) is 0 Å². The molecular formula is C15H21NO5S. The first kappa shape index (κ1) is 15.6. The second kappa shape index (κ2) is 5.72. The SMILES string of the molecule is COc1ccc(OC)c(S(=O)(=O)N2C3CCC2CC(O)C3)c1. The molecule has 0 saturated carbocycles. The van der Waals surface area contributed by atoms with Crippen molar-refractivity contribution in [2.45, 2.75) is 48.8 Å². The maximum atomic E-state index is 13.1. The normalized spacial score (nSPS) is 28.6. The summed E-state index contributed by atoms with van der Waals surface area (Å²) < 4.78 is 38.2. The number of aliphatic hydroxyl groups is 1. The summed E-state index contributed by atoms with van der Waals surface area (Å²) in [6.45, 7) is 0. The number of sulfonamides is 1. The number of hydrogen-bond acceptors (Lipinski definition) is 5. The van der Waals surface area contributed by atoms with Gasteiger partial charge in [0.15, 0.2) is 0 Å². The van der Waals surface area contributed by atoms with Crippen LogP contribution in [0.15, 0.2) is 23.1 Å². The van der Waals surface area contributed by atoms with E-state index in [1.165, 1.54) is 20.3 Å². The van der Waals surface area contributed by atoms with Gasteiger partial charge in [0.25, 0.3) is 0 Å². The summed E-state index contributed by atoms with van der Waals surface area (Å²) in [6.07, 6.45) is 2.20. The lowest BCUT2D eigenvalue weighted by Crippen LogP contribution is -2.47. The van der Waals surface area contributed by atoms with Crippen LogP contribution in [0.25, 0.3) is 0 Å². The Hall–Kier alpha value is -1.31. The van der Waals surface area contributed by atoms with Crippen molar-refractivity contribution in [3.05, 3.63) is 18.2 Å². The molecule has 0 radical (unpaired) electrons. The van der Waals surface area contributed by atoms with E-state index in [-0.39, 0.29) is 17.0 Å². The third kappa shape index (κ3) is 2.47. The zero-order valence-corrected chi connectivity index (χ0v) is 13.5. The van der Waals surface area contributed by atoms with Crippen molar-refractivity contribution in [3.8, 4) is 11.5 Å². The molecule has 2 saturated heterocycles. The zero-order valence-electron chi connectivity index (χ0n) is 12.7. The number of benzene rings is 1. The number of fused-ring (bicyclic) bond motifs is 2. The summed E-state index contributed by atoms with van der Waals surface area (Å²) in [5.74, 6) is 0.787. The Kier molecular flexibility index (Phi) is 4.05. The molecule has 0 aromatic heterocycles. The van der Waals surface area contributed by atoms with Gasteiger partial charge in [0.05, 0.1) is 20.3 Å². The van der Waals surface area contributed by atoms with Crippen molar-refractivity contribution in [1.82, 2.24) is 4.31 Å². The van der Waals surface area contributed by atoms with E-state index in [2.05, 4.69) is 0 Å². The van der Waals surface area contributed by atoms with Crippen molar-refractivity contribution in [2.24, 2.45) is 0 Å². The Morgan fingerprint density at radius 2 is 1.77 bits per heavy atom. The van der Waals surface area contributed by atoms with Crippen LogP contribution in [-0.2, 0) is 10.0 Å². The monoisotopic (exact) mass is 327 g/mol. The molecule has 3 rings (SSSR count). The van der Waals surface area contributed by atoms with Gasteiger partial charge >= 0.3 is 0 Å². The third-order valence-electron chi connectivity index (χ3n) is 4.57. The lowest BCUT2D eigenvalue weighted by atomic mass is 10.0. The van der Waals surface area contributed by atoms with Gasteiger partial charge < -0.3 is 14.6 Å². The number of nitrogens with zero attached hydrogens (tertiary/aromatic N) is 1. The van der Waals surface area contributed by atoms with Crippen molar-refractivity contribution in [1.29, 1.82) is 0 Å². The molecule has 2 bridgehead atoms. The van der Waals surface area contributed by atoms with Crippen LogP contribution in [-0.4, -0.2) is 50.2 Å². The van der Waals surface area contributed by atoms with Gasteiger partial charge in [-0.15, -0.1) is 0 Å². The van der Waals surface area contributed by atoms with Gasteiger partial charge in [-0.25, -0.2) is 8.42 Å². The molecule has 1 aromatic carbocycles. The van der Waals surface area contributed by atoms with Crippen molar-refractivity contribution >= 4 is 10.0 Å². The first-order chi connectivity index (χ1) is 10.5. The quantitative estimate of drug-likeness (QED) is 0.904. The molecule has 2 atom stereocenters. The highest BCUT2D eigenvalue weighted by Crippen LogP contribution is 2.42. The minimum Gasteiger partial charge on any atom is -0.497 e. The predicted octanol–water partition coefficient (Wildman–Crippen LogP) is 1.38. The van der Waals surface area contributed by atoms with Crippen LogP contribution in [0.5, 0.6) is 11.5 Å². The fourth-order valence-corrected chi connectivity index (χ4v) is 5.66. The molecule has 0 amide bonds. The smallest absolute Gasteiger partial charge is 0.247 e. The molecule has 2 aliphatic rings. The molecule has 122 valence electrons. The predicted molar refractivity (Wildman–Crippen MR) is 80.6 cm³/mol. The minimum atomic E-state index is -3.68. The van der Waals surface area contributed by atoms with Gasteiger partial charge in [-0.3, -0.25) is 0 Å². The molecule has 0 spiro atoms. The topological polar surface area (TPSA) is 76.1 Å². The Labute approximate surface area is 130 Å². The molecule has 6 nitrogen and oxygen atoms in total. The van der Waals surface area contributed by atoms with Crippen LogP contribution in [0.3, 0.4) is 0 Å². The van der Waals surface area contributed by atoms with E-state index in [1.807, 2.05) is 0 Å². The van der Waals surface area contributed by atoms with E-state index >= 15 is 0 Å². The summed E-state index contributed by atoms with van der Waals surface area (Å²) in [6, 6.07) is 4.52. The van der Waals surface area contributed by atoms with Gasteiger partial charge in [0.2, 0.25) is 10.0 Å². The number of ether oxygens (including phenoxy) is 2. The molecule has 22 heavy (non-hydrogen) atoms. The van der Waals surface area contributed by atoms with Gasteiger partial charge in [-0.2, -0.15) is 4.31 Å². The fraction of sp³-hybridized carbons (Fsp3) is 0.600.